The largest absolute Gasteiger partial charge is 0.383 e. The Morgan fingerprint density at radius 1 is 1.14 bits per heavy atom. The summed E-state index contributed by atoms with van der Waals surface area (Å²) in [6.07, 6.45) is 9.85. The van der Waals surface area contributed by atoms with Gasteiger partial charge in [-0.2, -0.15) is 5.10 Å². The Morgan fingerprint density at radius 2 is 1.95 bits per heavy atom. The Balaban J connectivity index is 1.76. The SMILES string of the molecule is CCCCCCC(C)Nc1ccc(Cn2cncn2)cc1. The van der Waals surface area contributed by atoms with Crippen LogP contribution in [-0.4, -0.2) is 20.8 Å². The Labute approximate surface area is 127 Å². The van der Waals surface area contributed by atoms with Crippen LogP contribution in [-0.2, 0) is 6.54 Å². The lowest BCUT2D eigenvalue weighted by Gasteiger charge is -2.15. The maximum atomic E-state index is 4.12. The highest BCUT2D eigenvalue weighted by atomic mass is 15.3. The first kappa shape index (κ1) is 15.5. The van der Waals surface area contributed by atoms with Crippen LogP contribution in [0.1, 0.15) is 51.5 Å². The third-order valence-electron chi connectivity index (χ3n) is 3.67. The van der Waals surface area contributed by atoms with Crippen molar-refractivity contribution in [2.75, 3.05) is 5.32 Å². The Hall–Kier alpha value is -1.84. The summed E-state index contributed by atoms with van der Waals surface area (Å²) >= 11 is 0. The third kappa shape index (κ3) is 5.58. The van der Waals surface area contributed by atoms with E-state index in [0.29, 0.717) is 6.04 Å². The molecule has 0 radical (unpaired) electrons. The zero-order chi connectivity index (χ0) is 14.9. The molecule has 0 spiro atoms. The van der Waals surface area contributed by atoms with E-state index in [1.807, 2.05) is 4.68 Å². The third-order valence-corrected chi connectivity index (χ3v) is 3.67. The van der Waals surface area contributed by atoms with E-state index in [0.717, 1.165) is 6.54 Å². The molecule has 0 fully saturated rings. The topological polar surface area (TPSA) is 42.7 Å². The predicted molar refractivity (Wildman–Crippen MR) is 87.4 cm³/mol. The van der Waals surface area contributed by atoms with E-state index >= 15 is 0 Å². The molecule has 4 heteroatoms. The lowest BCUT2D eigenvalue weighted by atomic mass is 10.1. The van der Waals surface area contributed by atoms with Gasteiger partial charge in [-0.15, -0.1) is 0 Å². The van der Waals surface area contributed by atoms with Crippen molar-refractivity contribution in [1.29, 1.82) is 0 Å². The van der Waals surface area contributed by atoms with Crippen LogP contribution in [0.2, 0.25) is 0 Å². The van der Waals surface area contributed by atoms with Crippen LogP contribution in [0, 0.1) is 0 Å². The van der Waals surface area contributed by atoms with Crippen molar-refractivity contribution in [1.82, 2.24) is 14.8 Å². The molecule has 0 amide bonds. The number of nitrogens with zero attached hydrogens (tertiary/aromatic N) is 3. The average molecular weight is 286 g/mol. The van der Waals surface area contributed by atoms with Gasteiger partial charge >= 0.3 is 0 Å². The van der Waals surface area contributed by atoms with Gasteiger partial charge in [0.2, 0.25) is 0 Å². The highest BCUT2D eigenvalue weighted by Crippen LogP contribution is 2.14. The van der Waals surface area contributed by atoms with Gasteiger partial charge in [-0.3, -0.25) is 0 Å². The minimum atomic E-state index is 0.531. The molecule has 0 aliphatic rings. The zero-order valence-corrected chi connectivity index (χ0v) is 13.1. The molecule has 4 nitrogen and oxygen atoms in total. The molecule has 1 aromatic carbocycles. The van der Waals surface area contributed by atoms with Gasteiger partial charge in [0, 0.05) is 11.7 Å². The second-order valence-electron chi connectivity index (χ2n) is 5.68. The Morgan fingerprint density at radius 3 is 2.62 bits per heavy atom. The second kappa shape index (κ2) is 8.45. The zero-order valence-electron chi connectivity index (χ0n) is 13.1. The highest BCUT2D eigenvalue weighted by molar-refractivity contribution is 5.45. The van der Waals surface area contributed by atoms with Crippen molar-refractivity contribution in [3.63, 3.8) is 0 Å². The Kier molecular flexibility index (Phi) is 6.25. The maximum Gasteiger partial charge on any atom is 0.137 e. The van der Waals surface area contributed by atoms with Crippen LogP contribution in [0.5, 0.6) is 0 Å². The van der Waals surface area contributed by atoms with Crippen molar-refractivity contribution < 1.29 is 0 Å². The van der Waals surface area contributed by atoms with Gasteiger partial charge in [0.05, 0.1) is 6.54 Å². The molecule has 1 N–H and O–H groups in total. The number of hydrogen-bond acceptors (Lipinski definition) is 3. The van der Waals surface area contributed by atoms with Gasteiger partial charge in [0.25, 0.3) is 0 Å². The lowest BCUT2D eigenvalue weighted by Crippen LogP contribution is -2.14. The van der Waals surface area contributed by atoms with Crippen LogP contribution >= 0.6 is 0 Å². The molecule has 21 heavy (non-hydrogen) atoms. The van der Waals surface area contributed by atoms with Gasteiger partial charge in [0.15, 0.2) is 0 Å². The van der Waals surface area contributed by atoms with Crippen molar-refractivity contribution in [3.05, 3.63) is 42.5 Å². The van der Waals surface area contributed by atoms with Crippen LogP contribution < -0.4 is 5.32 Å². The smallest absolute Gasteiger partial charge is 0.137 e. The summed E-state index contributed by atoms with van der Waals surface area (Å²) < 4.78 is 1.83. The summed E-state index contributed by atoms with van der Waals surface area (Å²) in [5.41, 5.74) is 2.43. The molecule has 0 saturated carbocycles. The van der Waals surface area contributed by atoms with Gasteiger partial charge in [-0.1, -0.05) is 44.7 Å². The molecule has 0 saturated heterocycles. The standard InChI is InChI=1S/C17H26N4/c1-3-4-5-6-7-15(2)20-17-10-8-16(9-11-17)12-21-14-18-13-19-21/h8-11,13-15,20H,3-7,12H2,1-2H3. The van der Waals surface area contributed by atoms with Crippen LogP contribution in [0.4, 0.5) is 5.69 Å². The second-order valence-corrected chi connectivity index (χ2v) is 5.68. The average Bonchev–Trinajstić information content (AvgIpc) is 2.99. The highest BCUT2D eigenvalue weighted by Gasteiger charge is 2.02. The monoisotopic (exact) mass is 286 g/mol. The van der Waals surface area contributed by atoms with E-state index in [-0.39, 0.29) is 0 Å². The van der Waals surface area contributed by atoms with E-state index in [1.54, 1.807) is 12.7 Å². The first-order chi connectivity index (χ1) is 10.3. The number of hydrogen-bond donors (Lipinski definition) is 1. The van der Waals surface area contributed by atoms with Gasteiger partial charge in [0.1, 0.15) is 12.7 Å². The van der Waals surface area contributed by atoms with Crippen molar-refractivity contribution >= 4 is 5.69 Å². The summed E-state index contributed by atoms with van der Waals surface area (Å²) in [6.45, 7) is 5.28. The fourth-order valence-electron chi connectivity index (χ4n) is 2.44. The minimum absolute atomic E-state index is 0.531. The number of nitrogens with one attached hydrogen (secondary N) is 1. The molecular weight excluding hydrogens is 260 g/mol. The van der Waals surface area contributed by atoms with Crippen molar-refractivity contribution in [2.45, 2.75) is 58.5 Å². The maximum absolute atomic E-state index is 4.12. The van der Waals surface area contributed by atoms with E-state index in [1.165, 1.54) is 43.4 Å². The molecule has 114 valence electrons. The molecule has 1 unspecified atom stereocenters. The first-order valence-corrected chi connectivity index (χ1v) is 7.96. The van der Waals surface area contributed by atoms with Crippen LogP contribution in [0.25, 0.3) is 0 Å². The predicted octanol–water partition coefficient (Wildman–Crippen LogP) is 4.10. The first-order valence-electron chi connectivity index (χ1n) is 7.96. The number of rotatable bonds is 9. The summed E-state index contributed by atoms with van der Waals surface area (Å²) in [4.78, 5) is 3.96. The van der Waals surface area contributed by atoms with Gasteiger partial charge in [-0.05, 0) is 31.0 Å². The van der Waals surface area contributed by atoms with E-state index < -0.39 is 0 Å². The van der Waals surface area contributed by atoms with Crippen molar-refractivity contribution in [3.8, 4) is 0 Å². The number of aromatic nitrogens is 3. The van der Waals surface area contributed by atoms with E-state index in [2.05, 4.69) is 53.5 Å². The fraction of sp³-hybridized carbons (Fsp3) is 0.529. The lowest BCUT2D eigenvalue weighted by molar-refractivity contribution is 0.594. The summed E-state index contributed by atoms with van der Waals surface area (Å²) in [6, 6.07) is 9.12. The van der Waals surface area contributed by atoms with Crippen molar-refractivity contribution in [2.24, 2.45) is 0 Å². The molecule has 1 heterocycles. The quantitative estimate of drug-likeness (QED) is 0.706. The van der Waals surface area contributed by atoms with E-state index in [9.17, 15) is 0 Å². The number of unbranched alkanes of at least 4 members (excludes halogenated alkanes) is 3. The molecule has 0 bridgehead atoms. The summed E-state index contributed by atoms with van der Waals surface area (Å²) in [7, 11) is 0. The number of benzene rings is 1. The van der Waals surface area contributed by atoms with Crippen LogP contribution in [0.15, 0.2) is 36.9 Å². The normalized spacial score (nSPS) is 12.3. The molecule has 2 aromatic rings. The van der Waals surface area contributed by atoms with E-state index in [4.69, 9.17) is 0 Å². The molecule has 1 atom stereocenters. The fourth-order valence-corrected chi connectivity index (χ4v) is 2.44. The molecule has 1 aromatic heterocycles. The van der Waals surface area contributed by atoms with Gasteiger partial charge in [-0.25, -0.2) is 9.67 Å². The van der Waals surface area contributed by atoms with Gasteiger partial charge < -0.3 is 5.32 Å². The summed E-state index contributed by atoms with van der Waals surface area (Å²) in [5.74, 6) is 0. The molecule has 0 aliphatic carbocycles. The number of anilines is 1. The Bertz CT molecular complexity index is 490. The van der Waals surface area contributed by atoms with Crippen LogP contribution in [0.3, 0.4) is 0 Å². The summed E-state index contributed by atoms with van der Waals surface area (Å²) in [5, 5.41) is 7.69. The minimum Gasteiger partial charge on any atom is -0.383 e. The molecule has 0 aliphatic heterocycles. The molecular formula is C17H26N4. The molecule has 2 rings (SSSR count).